The Labute approximate surface area is 217 Å². The van der Waals surface area contributed by atoms with Gasteiger partial charge in [0.1, 0.15) is 0 Å². The smallest absolute Gasteiger partial charge is 0.407 e. The van der Waals surface area contributed by atoms with Crippen LogP contribution in [0.25, 0.3) is 0 Å². The van der Waals surface area contributed by atoms with Gasteiger partial charge in [-0.2, -0.15) is 0 Å². The number of amides is 1. The first-order chi connectivity index (χ1) is 16.5. The molecule has 2 unspecified atom stereocenters. The van der Waals surface area contributed by atoms with E-state index in [2.05, 4.69) is 56.4 Å². The first-order valence-electron chi connectivity index (χ1n) is 13.2. The molecule has 0 heterocycles. The lowest BCUT2D eigenvalue weighted by atomic mass is 10.1. The Morgan fingerprint density at radius 1 is 1.00 bits per heavy atom. The molecule has 2 rings (SSSR count). The molecule has 0 aromatic rings. The van der Waals surface area contributed by atoms with Gasteiger partial charge in [-0.25, -0.2) is 9.46 Å². The minimum Gasteiger partial charge on any atom is -0.449 e. The molecule has 0 aromatic heterocycles. The SMILES string of the molecule is CC.CCCOP(OCCOCCNC(=O)OCC1[C@H]2CCC#CCC[C@@H]12)N(C(C)C)C(C)C.N.[HH]. The van der Waals surface area contributed by atoms with Crippen molar-refractivity contribution >= 4 is 14.6 Å². The lowest BCUT2D eigenvalue weighted by Gasteiger charge is -2.35. The molecule has 2 aliphatic carbocycles. The van der Waals surface area contributed by atoms with Crippen LogP contribution in [0.5, 0.6) is 0 Å². The maximum absolute atomic E-state index is 11.9. The van der Waals surface area contributed by atoms with E-state index in [9.17, 15) is 4.79 Å². The summed E-state index contributed by atoms with van der Waals surface area (Å²) in [6.07, 6.45) is 4.83. The number of ether oxygens (including phenoxy) is 2. The quantitative estimate of drug-likeness (QED) is 0.147. The Kier molecular flexibility index (Phi) is 19.6. The van der Waals surface area contributed by atoms with Crippen LogP contribution in [0, 0.1) is 29.6 Å². The molecule has 4 atom stereocenters. The number of nitrogens with zero attached hydrogens (tertiary/aromatic N) is 1. The molecule has 1 amide bonds. The first kappa shape index (κ1) is 34.1. The van der Waals surface area contributed by atoms with Crippen LogP contribution >= 0.6 is 8.53 Å². The lowest BCUT2D eigenvalue weighted by molar-refractivity contribution is 0.0862. The molecule has 35 heavy (non-hydrogen) atoms. The maximum Gasteiger partial charge on any atom is 0.407 e. The molecule has 0 aliphatic heterocycles. The van der Waals surface area contributed by atoms with Crippen molar-refractivity contribution < 1.29 is 24.7 Å². The van der Waals surface area contributed by atoms with E-state index in [4.69, 9.17) is 18.5 Å². The number of fused-ring (bicyclic) bond motifs is 1. The van der Waals surface area contributed by atoms with Gasteiger partial charge in [-0.1, -0.05) is 20.8 Å². The average molecular weight is 520 g/mol. The molecule has 1 fully saturated rings. The monoisotopic (exact) mass is 519 g/mol. The van der Waals surface area contributed by atoms with Gasteiger partial charge in [-0.3, -0.25) is 0 Å². The number of rotatable bonds is 15. The second kappa shape index (κ2) is 20.2. The average Bonchev–Trinajstić information content (AvgIpc) is 3.44. The topological polar surface area (TPSA) is 104 Å². The van der Waals surface area contributed by atoms with Crippen LogP contribution in [-0.2, 0) is 18.5 Å². The molecule has 0 saturated heterocycles. The molecule has 8 nitrogen and oxygen atoms in total. The third kappa shape index (κ3) is 13.3. The van der Waals surface area contributed by atoms with Gasteiger partial charge in [0.25, 0.3) is 8.53 Å². The minimum absolute atomic E-state index is 0. The summed E-state index contributed by atoms with van der Waals surface area (Å²) in [4.78, 5) is 11.9. The Morgan fingerprint density at radius 3 is 2.11 bits per heavy atom. The summed E-state index contributed by atoms with van der Waals surface area (Å²) in [5.74, 6) is 8.31. The van der Waals surface area contributed by atoms with Gasteiger partial charge < -0.3 is 30.0 Å². The van der Waals surface area contributed by atoms with Crippen LogP contribution in [0.15, 0.2) is 0 Å². The highest BCUT2D eigenvalue weighted by atomic mass is 31.2. The predicted octanol–water partition coefficient (Wildman–Crippen LogP) is 6.39. The van der Waals surface area contributed by atoms with Crippen molar-refractivity contribution in [3.63, 3.8) is 0 Å². The van der Waals surface area contributed by atoms with Crippen molar-refractivity contribution in [1.29, 1.82) is 0 Å². The summed E-state index contributed by atoms with van der Waals surface area (Å²) in [5, 5.41) is 2.77. The van der Waals surface area contributed by atoms with E-state index < -0.39 is 8.53 Å². The highest BCUT2D eigenvalue weighted by molar-refractivity contribution is 7.44. The fourth-order valence-electron chi connectivity index (χ4n) is 4.32. The van der Waals surface area contributed by atoms with E-state index >= 15 is 0 Å². The van der Waals surface area contributed by atoms with Gasteiger partial charge in [0.05, 0.1) is 33.0 Å². The molecule has 2 aliphatic rings. The van der Waals surface area contributed by atoms with Crippen LogP contribution in [0.1, 0.15) is 82.0 Å². The number of nitrogens with one attached hydrogen (secondary N) is 1. The Morgan fingerprint density at radius 2 is 1.57 bits per heavy atom. The summed E-state index contributed by atoms with van der Waals surface area (Å²) in [5.41, 5.74) is 0. The molecular weight excluding hydrogens is 465 g/mol. The van der Waals surface area contributed by atoms with Gasteiger partial charge in [0.2, 0.25) is 0 Å². The van der Waals surface area contributed by atoms with E-state index in [1.165, 1.54) is 0 Å². The molecule has 208 valence electrons. The Hall–Kier alpha value is -0.940. The highest BCUT2D eigenvalue weighted by Crippen LogP contribution is 2.52. The predicted molar refractivity (Wildman–Crippen MR) is 147 cm³/mol. The fraction of sp³-hybridized carbons (Fsp3) is 0.885. The van der Waals surface area contributed by atoms with Crippen molar-refractivity contribution in [2.45, 2.75) is 92.7 Å². The first-order valence-corrected chi connectivity index (χ1v) is 14.4. The highest BCUT2D eigenvalue weighted by Gasteiger charge is 2.49. The summed E-state index contributed by atoms with van der Waals surface area (Å²) < 4.78 is 25.3. The van der Waals surface area contributed by atoms with E-state index in [1.807, 2.05) is 13.8 Å². The molecule has 0 spiro atoms. The van der Waals surface area contributed by atoms with E-state index in [0.717, 1.165) is 32.1 Å². The van der Waals surface area contributed by atoms with Crippen molar-refractivity contribution in [2.75, 3.05) is 39.6 Å². The van der Waals surface area contributed by atoms with Crippen LogP contribution < -0.4 is 11.5 Å². The number of hydrogen-bond donors (Lipinski definition) is 2. The standard InChI is InChI=1S/C24H43N2O5P.C2H6.H3N.H2/c1-6-14-30-32(26(19(2)3)20(4)5)31-17-16-28-15-13-25-24(27)29-18-23-21-11-9-7-8-10-12-22(21)23;1-2;;/h19-23H,6,9-18H2,1-5H3,(H,25,27);1-2H3;1H3;1H/t21-,22+,23?,32?;;;. The van der Waals surface area contributed by atoms with Gasteiger partial charge in [-0.15, -0.1) is 11.8 Å². The zero-order chi connectivity index (χ0) is 25.3. The van der Waals surface area contributed by atoms with Crippen LogP contribution in [0.2, 0.25) is 0 Å². The van der Waals surface area contributed by atoms with Crippen molar-refractivity contribution in [3.8, 4) is 11.8 Å². The Balaban J connectivity index is 0. The van der Waals surface area contributed by atoms with Gasteiger partial charge in [0.15, 0.2) is 0 Å². The Bertz CT molecular complexity index is 592. The fourth-order valence-corrected chi connectivity index (χ4v) is 5.99. The minimum atomic E-state index is -1.10. The second-order valence-corrected chi connectivity index (χ2v) is 10.5. The third-order valence-corrected chi connectivity index (χ3v) is 7.95. The van der Waals surface area contributed by atoms with Crippen molar-refractivity contribution in [3.05, 3.63) is 0 Å². The van der Waals surface area contributed by atoms with E-state index in [1.54, 1.807) is 0 Å². The molecule has 9 heteroatoms. The van der Waals surface area contributed by atoms with E-state index in [0.29, 0.717) is 69.4 Å². The van der Waals surface area contributed by atoms with E-state index in [-0.39, 0.29) is 13.7 Å². The molecule has 0 aromatic carbocycles. The van der Waals surface area contributed by atoms with Gasteiger partial charge >= 0.3 is 6.09 Å². The zero-order valence-electron chi connectivity index (χ0n) is 23.3. The molecular formula is C26H54N3O5P. The zero-order valence-corrected chi connectivity index (χ0v) is 24.2. The third-order valence-electron chi connectivity index (χ3n) is 5.84. The number of carbonyl (C=O) groups excluding carboxylic acids is 1. The second-order valence-electron chi connectivity index (χ2n) is 9.03. The summed E-state index contributed by atoms with van der Waals surface area (Å²) in [7, 11) is -1.10. The van der Waals surface area contributed by atoms with Crippen LogP contribution in [0.4, 0.5) is 4.79 Å². The van der Waals surface area contributed by atoms with Gasteiger partial charge in [0, 0.05) is 32.9 Å². The molecule has 0 radical (unpaired) electrons. The molecule has 1 saturated carbocycles. The number of carbonyl (C=O) groups is 1. The number of hydrogen-bond acceptors (Lipinski definition) is 7. The summed E-state index contributed by atoms with van der Waals surface area (Å²) >= 11 is 0. The van der Waals surface area contributed by atoms with Gasteiger partial charge in [-0.05, 0) is 64.7 Å². The molecule has 4 N–H and O–H groups in total. The van der Waals surface area contributed by atoms with Crippen LogP contribution in [-0.4, -0.2) is 62.4 Å². The molecule has 0 bridgehead atoms. The van der Waals surface area contributed by atoms with Crippen molar-refractivity contribution in [1.82, 2.24) is 16.1 Å². The number of alkyl carbamates (subject to hydrolysis) is 1. The largest absolute Gasteiger partial charge is 0.449 e. The normalized spacial score (nSPS) is 21.4. The summed E-state index contributed by atoms with van der Waals surface area (Å²) in [6.45, 7) is 17.7. The van der Waals surface area contributed by atoms with Crippen LogP contribution in [0.3, 0.4) is 0 Å². The lowest BCUT2D eigenvalue weighted by Crippen LogP contribution is -2.34. The maximum atomic E-state index is 11.9. The van der Waals surface area contributed by atoms with Crippen molar-refractivity contribution in [2.24, 2.45) is 17.8 Å². The summed E-state index contributed by atoms with van der Waals surface area (Å²) in [6, 6.07) is 0.687.